The monoisotopic (exact) mass is 452 g/mol. The van der Waals surface area contributed by atoms with Gasteiger partial charge in [0.05, 0.1) is 5.56 Å². The van der Waals surface area contributed by atoms with Crippen LogP contribution < -0.4 is 0 Å². The van der Waals surface area contributed by atoms with Crippen LogP contribution in [0.15, 0.2) is 67.3 Å². The summed E-state index contributed by atoms with van der Waals surface area (Å²) in [5.41, 5.74) is 3.95. The summed E-state index contributed by atoms with van der Waals surface area (Å²) < 4.78 is 15.2. The Balaban J connectivity index is 1.39. The van der Waals surface area contributed by atoms with Gasteiger partial charge in [0.15, 0.2) is 0 Å². The van der Waals surface area contributed by atoms with Gasteiger partial charge in [-0.25, -0.2) is 4.39 Å². The summed E-state index contributed by atoms with van der Waals surface area (Å²) >= 11 is 0. The van der Waals surface area contributed by atoms with Crippen molar-refractivity contribution in [3.63, 3.8) is 0 Å². The lowest BCUT2D eigenvalue weighted by atomic mass is 9.78. The van der Waals surface area contributed by atoms with Crippen molar-refractivity contribution in [3.05, 3.63) is 95.3 Å². The molecule has 34 heavy (non-hydrogen) atoms. The van der Waals surface area contributed by atoms with Crippen LogP contribution in [0.1, 0.15) is 80.5 Å². The first-order valence-corrected chi connectivity index (χ1v) is 13.1. The highest BCUT2D eigenvalue weighted by molar-refractivity contribution is 5.85. The van der Waals surface area contributed by atoms with Gasteiger partial charge in [-0.2, -0.15) is 0 Å². The molecular weight excluding hydrogens is 415 g/mol. The number of benzene rings is 3. The predicted octanol–water partition coefficient (Wildman–Crippen LogP) is 9.04. The second kappa shape index (κ2) is 12.0. The molecule has 0 spiro atoms. The molecule has 0 heterocycles. The van der Waals surface area contributed by atoms with Crippen LogP contribution in [0.25, 0.3) is 10.8 Å². The summed E-state index contributed by atoms with van der Waals surface area (Å²) in [5.74, 6) is 7.76. The third kappa shape index (κ3) is 6.38. The SMILES string of the molecule is C=CCCc1ccc(C#Cc2ccc3cc(CCC4CCC(CCC)CC4)ccc3c2F)cc1. The van der Waals surface area contributed by atoms with Crippen molar-refractivity contribution in [1.29, 1.82) is 0 Å². The van der Waals surface area contributed by atoms with Gasteiger partial charge in [-0.1, -0.05) is 99.8 Å². The Morgan fingerprint density at radius 1 is 0.853 bits per heavy atom. The van der Waals surface area contributed by atoms with E-state index >= 15 is 4.39 Å². The molecule has 0 atom stereocenters. The summed E-state index contributed by atoms with van der Waals surface area (Å²) in [4.78, 5) is 0. The summed E-state index contributed by atoms with van der Waals surface area (Å²) in [6.45, 7) is 6.07. The zero-order valence-corrected chi connectivity index (χ0v) is 20.6. The second-order valence-corrected chi connectivity index (χ2v) is 9.97. The van der Waals surface area contributed by atoms with Crippen LogP contribution in [-0.2, 0) is 12.8 Å². The Morgan fingerprint density at radius 3 is 2.26 bits per heavy atom. The van der Waals surface area contributed by atoms with E-state index in [2.05, 4.69) is 49.6 Å². The van der Waals surface area contributed by atoms with Crippen molar-refractivity contribution in [1.82, 2.24) is 0 Å². The molecule has 1 fully saturated rings. The predicted molar refractivity (Wildman–Crippen MR) is 144 cm³/mol. The van der Waals surface area contributed by atoms with Crippen LogP contribution >= 0.6 is 0 Å². The number of aryl methyl sites for hydroxylation is 2. The molecule has 3 aromatic rings. The van der Waals surface area contributed by atoms with Gasteiger partial charge in [0.1, 0.15) is 5.82 Å². The molecule has 0 amide bonds. The van der Waals surface area contributed by atoms with Crippen LogP contribution in [0.4, 0.5) is 4.39 Å². The van der Waals surface area contributed by atoms with E-state index in [1.165, 1.54) is 56.1 Å². The molecule has 0 saturated heterocycles. The maximum absolute atomic E-state index is 15.2. The lowest BCUT2D eigenvalue weighted by Crippen LogP contribution is -2.15. The average molecular weight is 453 g/mol. The molecule has 176 valence electrons. The van der Waals surface area contributed by atoms with Crippen LogP contribution in [0.5, 0.6) is 0 Å². The minimum Gasteiger partial charge on any atom is -0.205 e. The summed E-state index contributed by atoms with van der Waals surface area (Å²) in [7, 11) is 0. The Labute approximate surface area is 205 Å². The zero-order valence-electron chi connectivity index (χ0n) is 20.6. The Kier molecular flexibility index (Phi) is 8.59. The van der Waals surface area contributed by atoms with Crippen molar-refractivity contribution in [2.75, 3.05) is 0 Å². The molecule has 0 nitrogen and oxygen atoms in total. The standard InChI is InChI=1S/C33H37F/c1-3-5-7-26-10-14-28(15-11-26)18-20-30-21-22-31-24-29(19-23-32(31)33(30)34)17-16-27-12-8-25(6-4-2)9-13-27/h3,10-11,14-15,19,21-25,27H,1,4-9,12-13,16-17H2,2H3. The van der Waals surface area contributed by atoms with E-state index in [0.29, 0.717) is 10.9 Å². The van der Waals surface area contributed by atoms with Crippen LogP contribution in [0.2, 0.25) is 0 Å². The van der Waals surface area contributed by atoms with Gasteiger partial charge < -0.3 is 0 Å². The Hall–Kier alpha value is -2.85. The number of hydrogen-bond acceptors (Lipinski definition) is 0. The number of hydrogen-bond donors (Lipinski definition) is 0. The molecule has 1 aliphatic carbocycles. The van der Waals surface area contributed by atoms with Crippen molar-refractivity contribution in [2.24, 2.45) is 11.8 Å². The second-order valence-electron chi connectivity index (χ2n) is 9.97. The van der Waals surface area contributed by atoms with Crippen molar-refractivity contribution >= 4 is 10.8 Å². The minimum absolute atomic E-state index is 0.214. The zero-order chi connectivity index (χ0) is 23.8. The van der Waals surface area contributed by atoms with E-state index < -0.39 is 0 Å². The fourth-order valence-corrected chi connectivity index (χ4v) is 5.34. The first-order chi connectivity index (χ1) is 16.7. The summed E-state index contributed by atoms with van der Waals surface area (Å²) in [6, 6.07) is 18.2. The molecule has 1 heteroatoms. The fourth-order valence-electron chi connectivity index (χ4n) is 5.34. The molecule has 1 saturated carbocycles. The molecule has 0 unspecified atom stereocenters. The highest BCUT2D eigenvalue weighted by Crippen LogP contribution is 2.34. The van der Waals surface area contributed by atoms with Crippen molar-refractivity contribution in [3.8, 4) is 11.8 Å². The molecular formula is C33H37F. The van der Waals surface area contributed by atoms with Gasteiger partial charge in [0.2, 0.25) is 0 Å². The number of allylic oxidation sites excluding steroid dienone is 1. The molecule has 1 aliphatic rings. The highest BCUT2D eigenvalue weighted by Gasteiger charge is 2.20. The average Bonchev–Trinajstić information content (AvgIpc) is 2.87. The van der Waals surface area contributed by atoms with Gasteiger partial charge in [0.25, 0.3) is 0 Å². The van der Waals surface area contributed by atoms with Crippen LogP contribution in [0, 0.1) is 29.5 Å². The minimum atomic E-state index is -0.214. The quantitative estimate of drug-likeness (QED) is 0.236. The molecule has 0 bridgehead atoms. The third-order valence-electron chi connectivity index (χ3n) is 7.46. The van der Waals surface area contributed by atoms with E-state index in [9.17, 15) is 0 Å². The van der Waals surface area contributed by atoms with Crippen molar-refractivity contribution in [2.45, 2.75) is 71.1 Å². The smallest absolute Gasteiger partial charge is 0.146 e. The first-order valence-electron chi connectivity index (χ1n) is 13.1. The maximum Gasteiger partial charge on any atom is 0.146 e. The van der Waals surface area contributed by atoms with E-state index in [1.807, 2.05) is 36.4 Å². The lowest BCUT2D eigenvalue weighted by Gasteiger charge is -2.28. The maximum atomic E-state index is 15.2. The summed E-state index contributed by atoms with van der Waals surface area (Å²) in [6.07, 6.45) is 14.5. The third-order valence-corrected chi connectivity index (χ3v) is 7.46. The van der Waals surface area contributed by atoms with Crippen LogP contribution in [0.3, 0.4) is 0 Å². The van der Waals surface area contributed by atoms with Gasteiger partial charge in [-0.3, -0.25) is 0 Å². The largest absolute Gasteiger partial charge is 0.205 e. The van der Waals surface area contributed by atoms with E-state index in [0.717, 1.165) is 42.0 Å². The van der Waals surface area contributed by atoms with Crippen LogP contribution in [-0.4, -0.2) is 0 Å². The van der Waals surface area contributed by atoms with Gasteiger partial charge in [-0.15, -0.1) is 6.58 Å². The topological polar surface area (TPSA) is 0 Å². The summed E-state index contributed by atoms with van der Waals surface area (Å²) in [5, 5.41) is 1.63. The molecule has 0 aromatic heterocycles. The Morgan fingerprint density at radius 2 is 1.56 bits per heavy atom. The molecule has 3 aromatic carbocycles. The first kappa shape index (κ1) is 24.3. The molecule has 4 rings (SSSR count). The fraction of sp³-hybridized carbons (Fsp3) is 0.394. The van der Waals surface area contributed by atoms with E-state index in [-0.39, 0.29) is 5.82 Å². The number of fused-ring (bicyclic) bond motifs is 1. The number of rotatable bonds is 8. The molecule has 0 N–H and O–H groups in total. The number of halogens is 1. The van der Waals surface area contributed by atoms with E-state index in [4.69, 9.17) is 0 Å². The van der Waals surface area contributed by atoms with Gasteiger partial charge in [0, 0.05) is 10.9 Å². The molecule has 0 aliphatic heterocycles. The lowest BCUT2D eigenvalue weighted by molar-refractivity contribution is 0.252. The van der Waals surface area contributed by atoms with Gasteiger partial charge >= 0.3 is 0 Å². The van der Waals surface area contributed by atoms with Crippen molar-refractivity contribution < 1.29 is 4.39 Å². The highest BCUT2D eigenvalue weighted by atomic mass is 19.1. The van der Waals surface area contributed by atoms with Gasteiger partial charge in [-0.05, 0) is 72.2 Å². The van der Waals surface area contributed by atoms with E-state index in [1.54, 1.807) is 0 Å². The Bertz CT molecular complexity index is 1150. The normalized spacial score (nSPS) is 17.8. The molecule has 0 radical (unpaired) electrons.